The van der Waals surface area contributed by atoms with Gasteiger partial charge < -0.3 is 14.8 Å². The van der Waals surface area contributed by atoms with E-state index in [1.165, 1.54) is 4.90 Å². The Morgan fingerprint density at radius 1 is 0.892 bits per heavy atom. The molecule has 0 bridgehead atoms. The first-order valence-corrected chi connectivity index (χ1v) is 12.3. The molecule has 192 valence electrons. The van der Waals surface area contributed by atoms with Crippen LogP contribution in [0.4, 0.5) is 10.5 Å². The maximum Gasteiger partial charge on any atom is 0.411 e. The second-order valence-corrected chi connectivity index (χ2v) is 8.87. The third-order valence-corrected chi connectivity index (χ3v) is 6.47. The summed E-state index contributed by atoms with van der Waals surface area (Å²) in [5.41, 5.74) is 7.00. The lowest BCUT2D eigenvalue weighted by Gasteiger charge is -2.23. The van der Waals surface area contributed by atoms with Gasteiger partial charge in [-0.2, -0.15) is 0 Å². The Kier molecular flexibility index (Phi) is 8.43. The van der Waals surface area contributed by atoms with Crippen LogP contribution in [-0.4, -0.2) is 41.0 Å². The van der Waals surface area contributed by atoms with Gasteiger partial charge in [-0.25, -0.2) is 10.3 Å². The lowest BCUT2D eigenvalue weighted by atomic mass is 9.96. The van der Waals surface area contributed by atoms with E-state index in [1.54, 1.807) is 12.6 Å². The van der Waals surface area contributed by atoms with Crippen molar-refractivity contribution in [1.29, 1.82) is 0 Å². The summed E-state index contributed by atoms with van der Waals surface area (Å²) in [5.74, 6) is 0.315. The predicted molar refractivity (Wildman–Crippen MR) is 144 cm³/mol. The zero-order chi connectivity index (χ0) is 26.2. The van der Waals surface area contributed by atoms with Crippen LogP contribution in [0.15, 0.2) is 72.9 Å². The highest BCUT2D eigenvalue weighted by Gasteiger charge is 2.19. The molecule has 0 aliphatic carbocycles. The molecule has 0 spiro atoms. The largest absolute Gasteiger partial charge is 0.497 e. The molecule has 0 fully saturated rings. The number of anilines is 1. The summed E-state index contributed by atoms with van der Waals surface area (Å²) in [6.45, 7) is 0.332. The minimum absolute atomic E-state index is 0.247. The van der Waals surface area contributed by atoms with Crippen molar-refractivity contribution in [3.05, 3.63) is 72.9 Å². The van der Waals surface area contributed by atoms with E-state index in [1.807, 2.05) is 54.7 Å². The number of ether oxygens (including phenoxy) is 1. The molecular weight excluding hydrogens is 470 g/mol. The number of carboxylic acid groups (broad SMARTS) is 1. The van der Waals surface area contributed by atoms with Gasteiger partial charge in [0.05, 0.1) is 12.8 Å². The van der Waals surface area contributed by atoms with Gasteiger partial charge in [-0.05, 0) is 71.3 Å². The summed E-state index contributed by atoms with van der Waals surface area (Å²) in [4.78, 5) is 28.1. The summed E-state index contributed by atoms with van der Waals surface area (Å²) >= 11 is 0. The molecule has 0 radical (unpaired) electrons. The first-order valence-electron chi connectivity index (χ1n) is 12.3. The molecule has 0 aliphatic rings. The van der Waals surface area contributed by atoms with Gasteiger partial charge in [0.2, 0.25) is 5.91 Å². The number of hydroxylamine groups is 1. The highest BCUT2D eigenvalue weighted by molar-refractivity contribution is 5.95. The Labute approximate surface area is 215 Å². The van der Waals surface area contributed by atoms with Crippen LogP contribution in [0, 0.1) is 0 Å². The number of benzene rings is 3. The Balaban J connectivity index is 1.62. The Bertz CT molecular complexity index is 1360. The summed E-state index contributed by atoms with van der Waals surface area (Å²) in [7, 11) is 1.61. The van der Waals surface area contributed by atoms with Gasteiger partial charge >= 0.3 is 6.09 Å². The third-order valence-electron chi connectivity index (χ3n) is 6.47. The Morgan fingerprint density at radius 2 is 1.59 bits per heavy atom. The van der Waals surface area contributed by atoms with Crippen LogP contribution in [0.3, 0.4) is 0 Å². The van der Waals surface area contributed by atoms with Gasteiger partial charge in [-0.3, -0.25) is 14.9 Å². The second-order valence-electron chi connectivity index (χ2n) is 8.87. The number of nitrogens with one attached hydrogen (secondary N) is 2. The number of carbonyl (C=O) groups is 2. The summed E-state index contributed by atoms with van der Waals surface area (Å²) in [6.07, 6.45) is 3.97. The molecule has 3 aromatic carbocycles. The maximum absolute atomic E-state index is 12.3. The second kappa shape index (κ2) is 12.1. The van der Waals surface area contributed by atoms with E-state index in [2.05, 4.69) is 23.2 Å². The van der Waals surface area contributed by atoms with Crippen molar-refractivity contribution < 1.29 is 24.6 Å². The topological polar surface area (TPSA) is 115 Å². The number of aromatic nitrogens is 1. The quantitative estimate of drug-likeness (QED) is 0.107. The number of hydrogen-bond acceptors (Lipinski definition) is 4. The van der Waals surface area contributed by atoms with E-state index < -0.39 is 12.0 Å². The van der Waals surface area contributed by atoms with Gasteiger partial charge in [-0.1, -0.05) is 43.2 Å². The fraction of sp³-hybridized carbons (Fsp3) is 0.241. The SMILES string of the molecule is COc1ccc(-c2cc(-c3ccc4cc[nH]c4c3)ccc2N(CCCCCCC(=O)NO)C(=O)O)cc1. The van der Waals surface area contributed by atoms with E-state index in [0.29, 0.717) is 25.1 Å². The number of rotatable bonds is 11. The molecule has 1 aromatic heterocycles. The fourth-order valence-corrected chi connectivity index (χ4v) is 4.46. The molecule has 0 atom stereocenters. The molecule has 2 amide bonds. The van der Waals surface area contributed by atoms with Crippen LogP contribution in [0.1, 0.15) is 32.1 Å². The van der Waals surface area contributed by atoms with Crippen molar-refractivity contribution in [2.24, 2.45) is 0 Å². The molecule has 0 saturated carbocycles. The van der Waals surface area contributed by atoms with Crippen LogP contribution in [-0.2, 0) is 4.79 Å². The minimum atomic E-state index is -1.02. The zero-order valence-corrected chi connectivity index (χ0v) is 20.7. The first-order chi connectivity index (χ1) is 18.0. The van der Waals surface area contributed by atoms with Crippen LogP contribution in [0.25, 0.3) is 33.2 Å². The van der Waals surface area contributed by atoms with Crippen molar-refractivity contribution in [2.75, 3.05) is 18.6 Å². The molecule has 4 N–H and O–H groups in total. The summed E-state index contributed by atoms with van der Waals surface area (Å²) in [5, 5.41) is 19.8. The highest BCUT2D eigenvalue weighted by atomic mass is 16.5. The van der Waals surface area contributed by atoms with Crippen molar-refractivity contribution in [3.63, 3.8) is 0 Å². The van der Waals surface area contributed by atoms with Gasteiger partial charge in [0.25, 0.3) is 0 Å². The van der Waals surface area contributed by atoms with Crippen LogP contribution < -0.4 is 15.1 Å². The van der Waals surface area contributed by atoms with Crippen LogP contribution >= 0.6 is 0 Å². The lowest BCUT2D eigenvalue weighted by molar-refractivity contribution is -0.129. The van der Waals surface area contributed by atoms with Gasteiger partial charge in [-0.15, -0.1) is 0 Å². The number of methoxy groups -OCH3 is 1. The Morgan fingerprint density at radius 3 is 2.32 bits per heavy atom. The smallest absolute Gasteiger partial charge is 0.411 e. The highest BCUT2D eigenvalue weighted by Crippen LogP contribution is 2.37. The number of aromatic amines is 1. The molecule has 8 heteroatoms. The first kappa shape index (κ1) is 25.8. The minimum Gasteiger partial charge on any atom is -0.497 e. The van der Waals surface area contributed by atoms with Crippen molar-refractivity contribution >= 4 is 28.6 Å². The van der Waals surface area contributed by atoms with E-state index in [-0.39, 0.29) is 6.42 Å². The summed E-state index contributed by atoms with van der Waals surface area (Å²) < 4.78 is 5.31. The fourth-order valence-electron chi connectivity index (χ4n) is 4.46. The summed E-state index contributed by atoms with van der Waals surface area (Å²) in [6, 6.07) is 21.7. The Hall–Kier alpha value is -4.30. The molecule has 8 nitrogen and oxygen atoms in total. The molecule has 4 rings (SSSR count). The normalized spacial score (nSPS) is 10.9. The number of unbranched alkanes of at least 4 members (excludes halogenated alkanes) is 3. The number of amides is 2. The molecular formula is C29H31N3O5. The van der Waals surface area contributed by atoms with Crippen molar-refractivity contribution in [3.8, 4) is 28.0 Å². The average molecular weight is 502 g/mol. The number of carbonyl (C=O) groups excluding carboxylic acids is 1. The average Bonchev–Trinajstić information content (AvgIpc) is 3.40. The molecule has 1 heterocycles. The number of H-pyrrole nitrogens is 1. The number of fused-ring (bicyclic) bond motifs is 1. The lowest BCUT2D eigenvalue weighted by Crippen LogP contribution is -2.30. The number of hydrogen-bond donors (Lipinski definition) is 4. The standard InChI is InChI=1S/C29H31N3O5/c1-37-24-12-9-20(10-13-24)25-18-22(23-8-7-21-15-16-30-26(21)19-23)11-14-27(25)32(29(34)35)17-5-3-2-4-6-28(33)31-36/h7-16,18-19,30,36H,2-6,17H2,1H3,(H,31,33)(H,34,35). The molecule has 37 heavy (non-hydrogen) atoms. The molecule has 0 aliphatic heterocycles. The zero-order valence-electron chi connectivity index (χ0n) is 20.7. The van der Waals surface area contributed by atoms with Crippen LogP contribution in [0.5, 0.6) is 5.75 Å². The maximum atomic E-state index is 12.3. The number of nitrogens with zero attached hydrogens (tertiary/aromatic N) is 1. The van der Waals surface area contributed by atoms with E-state index in [4.69, 9.17) is 9.94 Å². The van der Waals surface area contributed by atoms with Crippen molar-refractivity contribution in [2.45, 2.75) is 32.1 Å². The predicted octanol–water partition coefficient (Wildman–Crippen LogP) is 6.45. The van der Waals surface area contributed by atoms with Gasteiger partial charge in [0.1, 0.15) is 5.75 Å². The monoisotopic (exact) mass is 501 g/mol. The van der Waals surface area contributed by atoms with Crippen LogP contribution in [0.2, 0.25) is 0 Å². The van der Waals surface area contributed by atoms with E-state index in [9.17, 15) is 14.7 Å². The molecule has 4 aromatic rings. The third kappa shape index (κ3) is 6.29. The van der Waals surface area contributed by atoms with E-state index >= 15 is 0 Å². The molecule has 0 unspecified atom stereocenters. The van der Waals surface area contributed by atoms with Gasteiger partial charge in [0, 0.05) is 30.2 Å². The van der Waals surface area contributed by atoms with Gasteiger partial charge in [0.15, 0.2) is 0 Å². The van der Waals surface area contributed by atoms with Crippen molar-refractivity contribution in [1.82, 2.24) is 10.5 Å². The molecule has 0 saturated heterocycles. The van der Waals surface area contributed by atoms with E-state index in [0.717, 1.165) is 51.7 Å².